The molecule has 0 saturated carbocycles. The molecule has 6 nitrogen and oxygen atoms in total. The summed E-state index contributed by atoms with van der Waals surface area (Å²) in [4.78, 5) is 29.5. The van der Waals surface area contributed by atoms with Gasteiger partial charge in [0.2, 0.25) is 0 Å². The lowest BCUT2D eigenvalue weighted by molar-refractivity contribution is 0.0697. The van der Waals surface area contributed by atoms with E-state index in [-0.39, 0.29) is 18.6 Å². The van der Waals surface area contributed by atoms with Gasteiger partial charge in [0.15, 0.2) is 0 Å². The summed E-state index contributed by atoms with van der Waals surface area (Å²) in [6.45, 7) is 4.88. The molecular weight excluding hydrogens is 270 g/mol. The maximum Gasteiger partial charge on any atom is 0.407 e. The van der Waals surface area contributed by atoms with Crippen LogP contribution in [-0.4, -0.2) is 47.6 Å². The quantitative estimate of drug-likeness (QED) is 0.855. The number of pyridine rings is 1. The molecule has 1 aromatic rings. The molecule has 2 rings (SSSR count). The van der Waals surface area contributed by atoms with Crippen molar-refractivity contribution < 1.29 is 14.3 Å². The molecule has 1 N–H and O–H groups in total. The summed E-state index contributed by atoms with van der Waals surface area (Å²) in [6, 6.07) is 5.32. The minimum Gasteiger partial charge on any atom is -0.445 e. The molecule has 21 heavy (non-hydrogen) atoms. The summed E-state index contributed by atoms with van der Waals surface area (Å²) >= 11 is 0. The number of amides is 2. The monoisotopic (exact) mass is 289 g/mol. The van der Waals surface area contributed by atoms with Crippen molar-refractivity contribution in [2.75, 3.05) is 19.7 Å². The Kier molecular flexibility index (Phi) is 5.31. The molecule has 0 atom stereocenters. The zero-order valence-electron chi connectivity index (χ0n) is 11.8. The Morgan fingerprint density at radius 3 is 2.81 bits per heavy atom. The normalized spacial score (nSPS) is 15.3. The maximum atomic E-state index is 12.2. The predicted molar refractivity (Wildman–Crippen MR) is 77.8 cm³/mol. The lowest BCUT2D eigenvalue weighted by Gasteiger charge is -2.31. The molecule has 1 aliphatic rings. The van der Waals surface area contributed by atoms with E-state index in [0.717, 1.165) is 0 Å². The Morgan fingerprint density at radius 2 is 2.19 bits per heavy atom. The highest BCUT2D eigenvalue weighted by molar-refractivity contribution is 5.92. The molecule has 6 heteroatoms. The molecule has 0 bridgehead atoms. The zero-order chi connectivity index (χ0) is 15.1. The van der Waals surface area contributed by atoms with Gasteiger partial charge < -0.3 is 15.0 Å². The molecule has 1 aliphatic heterocycles. The summed E-state index contributed by atoms with van der Waals surface area (Å²) < 4.78 is 4.88. The second-order valence-electron chi connectivity index (χ2n) is 4.81. The minimum absolute atomic E-state index is 0.0371. The number of aromatic nitrogens is 1. The zero-order valence-corrected chi connectivity index (χ0v) is 11.8. The van der Waals surface area contributed by atoms with Crippen molar-refractivity contribution in [1.29, 1.82) is 0 Å². The van der Waals surface area contributed by atoms with Crippen LogP contribution >= 0.6 is 0 Å². The fourth-order valence-electron chi connectivity index (χ4n) is 2.22. The third kappa shape index (κ3) is 4.30. The molecule has 2 amide bonds. The van der Waals surface area contributed by atoms with Crippen molar-refractivity contribution in [3.8, 4) is 0 Å². The lowest BCUT2D eigenvalue weighted by atomic mass is 10.0. The van der Waals surface area contributed by atoms with E-state index in [0.29, 0.717) is 31.6 Å². The summed E-state index contributed by atoms with van der Waals surface area (Å²) in [5.74, 6) is -0.0664. The van der Waals surface area contributed by atoms with Crippen LogP contribution in [-0.2, 0) is 4.74 Å². The van der Waals surface area contributed by atoms with Crippen molar-refractivity contribution in [3.05, 3.63) is 42.7 Å². The molecule has 1 fully saturated rings. The molecule has 0 spiro atoms. The SMILES string of the molecule is C=CCOC(=O)NC1CCN(C(=O)c2ccccn2)CC1. The average Bonchev–Trinajstić information content (AvgIpc) is 2.54. The number of ether oxygens (including phenoxy) is 1. The van der Waals surface area contributed by atoms with Crippen molar-refractivity contribution in [2.45, 2.75) is 18.9 Å². The molecule has 0 aromatic carbocycles. The van der Waals surface area contributed by atoms with Crippen LogP contribution in [0.15, 0.2) is 37.1 Å². The second kappa shape index (κ2) is 7.42. The molecule has 1 saturated heterocycles. The van der Waals surface area contributed by atoms with Gasteiger partial charge in [-0.15, -0.1) is 0 Å². The van der Waals surface area contributed by atoms with Gasteiger partial charge in [-0.25, -0.2) is 4.79 Å². The van der Waals surface area contributed by atoms with E-state index in [1.165, 1.54) is 6.08 Å². The number of piperidine rings is 1. The third-order valence-electron chi connectivity index (χ3n) is 3.32. The van der Waals surface area contributed by atoms with E-state index in [9.17, 15) is 9.59 Å². The van der Waals surface area contributed by atoms with Crippen LogP contribution in [0.4, 0.5) is 4.79 Å². The maximum absolute atomic E-state index is 12.2. The van der Waals surface area contributed by atoms with E-state index in [1.54, 1.807) is 29.3 Å². The third-order valence-corrected chi connectivity index (χ3v) is 3.32. The van der Waals surface area contributed by atoms with Crippen LogP contribution in [0, 0.1) is 0 Å². The van der Waals surface area contributed by atoms with Gasteiger partial charge in [0.25, 0.3) is 5.91 Å². The number of rotatable bonds is 4. The molecule has 0 aliphatic carbocycles. The van der Waals surface area contributed by atoms with Crippen LogP contribution in [0.3, 0.4) is 0 Å². The molecule has 0 radical (unpaired) electrons. The predicted octanol–water partition coefficient (Wildman–Crippen LogP) is 1.60. The Hall–Kier alpha value is -2.37. The van der Waals surface area contributed by atoms with Crippen molar-refractivity contribution in [3.63, 3.8) is 0 Å². The molecular formula is C15H19N3O3. The summed E-state index contributed by atoms with van der Waals surface area (Å²) in [7, 11) is 0. The minimum atomic E-state index is -0.440. The van der Waals surface area contributed by atoms with Crippen LogP contribution in [0.25, 0.3) is 0 Å². The second-order valence-corrected chi connectivity index (χ2v) is 4.81. The van der Waals surface area contributed by atoms with Crippen LogP contribution in [0.2, 0.25) is 0 Å². The highest BCUT2D eigenvalue weighted by atomic mass is 16.5. The van der Waals surface area contributed by atoms with Crippen LogP contribution < -0.4 is 5.32 Å². The molecule has 1 aromatic heterocycles. The number of carbonyl (C=O) groups excluding carboxylic acids is 2. The number of hydrogen-bond donors (Lipinski definition) is 1. The van der Waals surface area contributed by atoms with E-state index in [1.807, 2.05) is 0 Å². The van der Waals surface area contributed by atoms with Gasteiger partial charge in [-0.05, 0) is 25.0 Å². The lowest BCUT2D eigenvalue weighted by Crippen LogP contribution is -2.46. The van der Waals surface area contributed by atoms with E-state index in [2.05, 4.69) is 16.9 Å². The first kappa shape index (κ1) is 15.0. The largest absolute Gasteiger partial charge is 0.445 e. The Bertz CT molecular complexity index is 496. The van der Waals surface area contributed by atoms with Gasteiger partial charge in [0.1, 0.15) is 12.3 Å². The van der Waals surface area contributed by atoms with Gasteiger partial charge in [0, 0.05) is 25.3 Å². The smallest absolute Gasteiger partial charge is 0.407 e. The van der Waals surface area contributed by atoms with E-state index >= 15 is 0 Å². The van der Waals surface area contributed by atoms with Crippen LogP contribution in [0.5, 0.6) is 0 Å². The summed E-state index contributed by atoms with van der Waals surface area (Å²) in [5.41, 5.74) is 0.453. The van der Waals surface area contributed by atoms with Crippen LogP contribution in [0.1, 0.15) is 23.3 Å². The topological polar surface area (TPSA) is 71.5 Å². The van der Waals surface area contributed by atoms with Crippen molar-refractivity contribution in [2.24, 2.45) is 0 Å². The number of alkyl carbamates (subject to hydrolysis) is 1. The van der Waals surface area contributed by atoms with E-state index in [4.69, 9.17) is 4.74 Å². The van der Waals surface area contributed by atoms with Gasteiger partial charge in [0.05, 0.1) is 0 Å². The fraction of sp³-hybridized carbons (Fsp3) is 0.400. The number of hydrogen-bond acceptors (Lipinski definition) is 4. The first-order chi connectivity index (χ1) is 10.2. The Labute approximate surface area is 123 Å². The molecule has 2 heterocycles. The van der Waals surface area contributed by atoms with Gasteiger partial charge in [-0.1, -0.05) is 18.7 Å². The Morgan fingerprint density at radius 1 is 1.43 bits per heavy atom. The first-order valence-corrected chi connectivity index (χ1v) is 6.95. The highest BCUT2D eigenvalue weighted by Crippen LogP contribution is 2.13. The van der Waals surface area contributed by atoms with Gasteiger partial charge in [-0.2, -0.15) is 0 Å². The molecule has 112 valence electrons. The number of nitrogens with one attached hydrogen (secondary N) is 1. The number of likely N-dealkylation sites (tertiary alicyclic amines) is 1. The molecule has 0 unspecified atom stereocenters. The summed E-state index contributed by atoms with van der Waals surface area (Å²) in [5, 5.41) is 2.79. The van der Waals surface area contributed by atoms with Crippen molar-refractivity contribution >= 4 is 12.0 Å². The standard InChI is InChI=1S/C15H19N3O3/c1-2-11-21-15(20)17-12-6-9-18(10-7-12)14(19)13-5-3-4-8-16-13/h2-5,8,12H,1,6-7,9-11H2,(H,17,20). The van der Waals surface area contributed by atoms with E-state index < -0.39 is 6.09 Å². The van der Waals surface area contributed by atoms with Crippen molar-refractivity contribution in [1.82, 2.24) is 15.2 Å². The van der Waals surface area contributed by atoms with Gasteiger partial charge in [-0.3, -0.25) is 9.78 Å². The number of nitrogens with zero attached hydrogens (tertiary/aromatic N) is 2. The number of carbonyl (C=O) groups is 2. The first-order valence-electron chi connectivity index (χ1n) is 6.95. The highest BCUT2D eigenvalue weighted by Gasteiger charge is 2.25. The average molecular weight is 289 g/mol. The Balaban J connectivity index is 1.79. The fourth-order valence-corrected chi connectivity index (χ4v) is 2.22. The van der Waals surface area contributed by atoms with Gasteiger partial charge >= 0.3 is 6.09 Å². The summed E-state index contributed by atoms with van der Waals surface area (Å²) in [6.07, 6.45) is 4.11.